The lowest BCUT2D eigenvalue weighted by atomic mass is 9.62. The Morgan fingerprint density at radius 1 is 1.14 bits per heavy atom. The van der Waals surface area contributed by atoms with Crippen LogP contribution in [0.1, 0.15) is 61.8 Å². The van der Waals surface area contributed by atoms with Gasteiger partial charge in [0.1, 0.15) is 5.60 Å². The van der Waals surface area contributed by atoms with Gasteiger partial charge in [0.05, 0.1) is 6.10 Å². The van der Waals surface area contributed by atoms with Crippen LogP contribution in [-0.2, 0) is 5.60 Å². The smallest absolute Gasteiger partial charge is 0.124 e. The number of aliphatic hydroxyl groups is 2. The van der Waals surface area contributed by atoms with Crippen molar-refractivity contribution in [2.24, 2.45) is 5.41 Å². The van der Waals surface area contributed by atoms with Crippen LogP contribution in [0.25, 0.3) is 5.57 Å². The second kappa shape index (κ2) is 7.35. The van der Waals surface area contributed by atoms with Gasteiger partial charge in [-0.25, -0.2) is 0 Å². The monoisotopic (exact) mass is 392 g/mol. The molecule has 4 heteroatoms. The second-order valence-electron chi connectivity index (χ2n) is 9.48. The molecule has 1 saturated heterocycles. The van der Waals surface area contributed by atoms with Crippen LogP contribution in [0.3, 0.4) is 0 Å². The van der Waals surface area contributed by atoms with Crippen molar-refractivity contribution in [3.63, 3.8) is 0 Å². The van der Waals surface area contributed by atoms with Crippen molar-refractivity contribution in [2.45, 2.75) is 51.2 Å². The van der Waals surface area contributed by atoms with Gasteiger partial charge < -0.3 is 15.1 Å². The molecule has 0 bridgehead atoms. The van der Waals surface area contributed by atoms with Crippen LogP contribution >= 0.6 is 0 Å². The van der Waals surface area contributed by atoms with Crippen LogP contribution in [0.2, 0.25) is 0 Å². The summed E-state index contributed by atoms with van der Waals surface area (Å²) in [5, 5.41) is 22.2. The summed E-state index contributed by atoms with van der Waals surface area (Å²) in [6, 6.07) is 10.5. The molecule has 1 aliphatic carbocycles. The number of hydrogen-bond acceptors (Lipinski definition) is 4. The van der Waals surface area contributed by atoms with Crippen molar-refractivity contribution in [1.82, 2.24) is 9.88 Å². The van der Waals surface area contributed by atoms with Gasteiger partial charge in [-0.05, 0) is 54.1 Å². The highest BCUT2D eigenvalue weighted by molar-refractivity contribution is 5.68. The summed E-state index contributed by atoms with van der Waals surface area (Å²) in [4.78, 5) is 6.72. The van der Waals surface area contributed by atoms with E-state index in [9.17, 15) is 10.2 Å². The molecule has 2 heterocycles. The van der Waals surface area contributed by atoms with E-state index in [1.165, 1.54) is 5.56 Å². The number of aliphatic hydroxyl groups excluding tert-OH is 1. The minimum absolute atomic E-state index is 0.301. The maximum Gasteiger partial charge on any atom is 0.124 e. The molecule has 2 atom stereocenters. The Labute approximate surface area is 173 Å². The Morgan fingerprint density at radius 3 is 2.38 bits per heavy atom. The first-order chi connectivity index (χ1) is 13.7. The van der Waals surface area contributed by atoms with E-state index in [0.717, 1.165) is 48.2 Å². The predicted molar refractivity (Wildman–Crippen MR) is 117 cm³/mol. The number of benzene rings is 1. The van der Waals surface area contributed by atoms with E-state index in [2.05, 4.69) is 68.0 Å². The van der Waals surface area contributed by atoms with Crippen molar-refractivity contribution in [1.29, 1.82) is 0 Å². The maximum atomic E-state index is 12.3. The van der Waals surface area contributed by atoms with Crippen LogP contribution < -0.4 is 0 Å². The molecule has 0 radical (unpaired) electrons. The molecule has 29 heavy (non-hydrogen) atoms. The minimum atomic E-state index is -1.13. The number of aromatic nitrogens is 1. The zero-order chi connectivity index (χ0) is 20.8. The molecule has 4 nitrogen and oxygen atoms in total. The summed E-state index contributed by atoms with van der Waals surface area (Å²) in [7, 11) is 2.09. The van der Waals surface area contributed by atoms with E-state index in [-0.39, 0.29) is 11.5 Å². The molecule has 4 rings (SSSR count). The molecule has 1 aromatic carbocycles. The van der Waals surface area contributed by atoms with Gasteiger partial charge in [-0.2, -0.15) is 0 Å². The second-order valence-corrected chi connectivity index (χ2v) is 9.48. The van der Waals surface area contributed by atoms with E-state index >= 15 is 0 Å². The summed E-state index contributed by atoms with van der Waals surface area (Å²) >= 11 is 0. The molecule has 1 fully saturated rings. The number of hydrogen-bond donors (Lipinski definition) is 2. The standard InChI is InChI=1S/C25H32N2O2/c1-17(2)18-5-8-21(9-6-18)25(29,24(3)15-27(4)16-24)22-11-20(13-26-14-22)19-7-10-23(28)12-19/h5-6,8-9,11-14,17,23,28-29H,7,10,15-16H2,1-4H3. The highest BCUT2D eigenvalue weighted by Crippen LogP contribution is 2.50. The van der Waals surface area contributed by atoms with Gasteiger partial charge in [-0.1, -0.05) is 51.1 Å². The third-order valence-electron chi connectivity index (χ3n) is 6.74. The van der Waals surface area contributed by atoms with Gasteiger partial charge in [0.15, 0.2) is 0 Å². The van der Waals surface area contributed by atoms with Gasteiger partial charge >= 0.3 is 0 Å². The van der Waals surface area contributed by atoms with Gasteiger partial charge in [0.25, 0.3) is 0 Å². The quantitative estimate of drug-likeness (QED) is 0.809. The molecule has 2 unspecified atom stereocenters. The highest BCUT2D eigenvalue weighted by Gasteiger charge is 2.55. The Kier molecular flexibility index (Phi) is 5.14. The molecule has 1 aliphatic heterocycles. The lowest BCUT2D eigenvalue weighted by Gasteiger charge is -2.56. The Balaban J connectivity index is 1.80. The lowest BCUT2D eigenvalue weighted by Crippen LogP contribution is -2.63. The average Bonchev–Trinajstić information content (AvgIpc) is 3.13. The van der Waals surface area contributed by atoms with E-state index in [0.29, 0.717) is 5.92 Å². The van der Waals surface area contributed by atoms with E-state index < -0.39 is 5.60 Å². The summed E-state index contributed by atoms with van der Waals surface area (Å²) in [5.74, 6) is 0.452. The number of rotatable bonds is 5. The molecule has 154 valence electrons. The van der Waals surface area contributed by atoms with Crippen molar-refractivity contribution in [3.05, 3.63) is 71.1 Å². The molecule has 2 N–H and O–H groups in total. The van der Waals surface area contributed by atoms with E-state index in [1.807, 2.05) is 12.3 Å². The Morgan fingerprint density at radius 2 is 1.83 bits per heavy atom. The normalized spacial score (nSPS) is 23.6. The van der Waals surface area contributed by atoms with Crippen LogP contribution in [0.15, 0.2) is 48.8 Å². The van der Waals surface area contributed by atoms with Crippen molar-refractivity contribution >= 4 is 5.57 Å². The molecule has 0 saturated carbocycles. The maximum absolute atomic E-state index is 12.3. The third-order valence-corrected chi connectivity index (χ3v) is 6.74. The largest absolute Gasteiger partial charge is 0.389 e. The van der Waals surface area contributed by atoms with E-state index in [1.54, 1.807) is 6.20 Å². The summed E-state index contributed by atoms with van der Waals surface area (Å²) < 4.78 is 0. The van der Waals surface area contributed by atoms with Gasteiger partial charge in [0, 0.05) is 36.5 Å². The van der Waals surface area contributed by atoms with Crippen LogP contribution in [-0.4, -0.2) is 46.3 Å². The zero-order valence-electron chi connectivity index (χ0n) is 17.9. The van der Waals surface area contributed by atoms with E-state index in [4.69, 9.17) is 0 Å². The minimum Gasteiger partial charge on any atom is -0.389 e. The zero-order valence-corrected chi connectivity index (χ0v) is 17.9. The molecule has 0 amide bonds. The highest BCUT2D eigenvalue weighted by atomic mass is 16.3. The van der Waals surface area contributed by atoms with Crippen LogP contribution in [0.4, 0.5) is 0 Å². The molecule has 2 aromatic rings. The van der Waals surface area contributed by atoms with Crippen LogP contribution in [0.5, 0.6) is 0 Å². The molecule has 2 aliphatic rings. The topological polar surface area (TPSA) is 56.6 Å². The molecule has 1 aromatic heterocycles. The third kappa shape index (κ3) is 3.43. The Hall–Kier alpha value is -2.01. The fourth-order valence-corrected chi connectivity index (χ4v) is 5.10. The average molecular weight is 393 g/mol. The summed E-state index contributed by atoms with van der Waals surface area (Å²) in [6.45, 7) is 8.16. The first kappa shape index (κ1) is 20.3. The summed E-state index contributed by atoms with van der Waals surface area (Å²) in [5.41, 5.74) is 3.68. The molecule has 0 spiro atoms. The number of allylic oxidation sites excluding steroid dienone is 1. The lowest BCUT2D eigenvalue weighted by molar-refractivity contribution is -0.127. The first-order valence-corrected chi connectivity index (χ1v) is 10.6. The Bertz CT molecular complexity index is 913. The fraction of sp³-hybridized carbons (Fsp3) is 0.480. The molecular formula is C25H32N2O2. The fourth-order valence-electron chi connectivity index (χ4n) is 5.10. The van der Waals surface area contributed by atoms with Gasteiger partial charge in [-0.3, -0.25) is 4.98 Å². The van der Waals surface area contributed by atoms with Crippen molar-refractivity contribution < 1.29 is 10.2 Å². The molecular weight excluding hydrogens is 360 g/mol. The van der Waals surface area contributed by atoms with Crippen molar-refractivity contribution in [2.75, 3.05) is 20.1 Å². The first-order valence-electron chi connectivity index (χ1n) is 10.6. The SMILES string of the molecule is CC(C)c1ccc(C(O)(c2cncc(C3=CC(O)CC3)c2)C2(C)CN(C)C2)cc1. The summed E-state index contributed by atoms with van der Waals surface area (Å²) in [6.07, 6.45) is 6.77. The van der Waals surface area contributed by atoms with Crippen molar-refractivity contribution in [3.8, 4) is 0 Å². The number of nitrogens with zero attached hydrogens (tertiary/aromatic N) is 2. The predicted octanol–water partition coefficient (Wildman–Crippen LogP) is 3.93. The van der Waals surface area contributed by atoms with Crippen LogP contribution in [0, 0.1) is 5.41 Å². The van der Waals surface area contributed by atoms with Gasteiger partial charge in [-0.15, -0.1) is 0 Å². The number of pyridine rings is 1. The number of likely N-dealkylation sites (tertiary alicyclic amines) is 1. The van der Waals surface area contributed by atoms with Gasteiger partial charge in [0.2, 0.25) is 0 Å².